The summed E-state index contributed by atoms with van der Waals surface area (Å²) in [7, 11) is 2.98. The molecule has 9 nitrogen and oxygen atoms in total. The van der Waals surface area contributed by atoms with Crippen LogP contribution in [0.4, 0.5) is 5.00 Å². The summed E-state index contributed by atoms with van der Waals surface area (Å²) in [5, 5.41) is 12.6. The molecule has 1 N–H and O–H groups in total. The standard InChI is InChI=1S/C25H30N4O5S2/c1-5-29-20(13-34-17-9-7-16(32-3)8-10-17)27-28-25(29)35-14-21(30)26-23-22(24(31)33-4)18-11-6-15(2)12-19(18)36-23/h7-10,15H,5-6,11-14H2,1-4H3,(H,26,30). The number of hydrogen-bond donors (Lipinski definition) is 1. The molecule has 2 aromatic heterocycles. The summed E-state index contributed by atoms with van der Waals surface area (Å²) >= 11 is 2.77. The quantitative estimate of drug-likeness (QED) is 0.300. The van der Waals surface area contributed by atoms with Crippen LogP contribution in [0.5, 0.6) is 11.5 Å². The molecule has 0 spiro atoms. The second-order valence-electron chi connectivity index (χ2n) is 8.49. The van der Waals surface area contributed by atoms with Crippen LogP contribution in [-0.4, -0.2) is 46.6 Å². The van der Waals surface area contributed by atoms with Gasteiger partial charge >= 0.3 is 5.97 Å². The third-order valence-corrected chi connectivity index (χ3v) is 8.16. The summed E-state index contributed by atoms with van der Waals surface area (Å²) in [4.78, 5) is 26.5. The highest BCUT2D eigenvalue weighted by Gasteiger charge is 2.29. The number of rotatable bonds is 10. The van der Waals surface area contributed by atoms with Crippen molar-refractivity contribution < 1.29 is 23.8 Å². The van der Waals surface area contributed by atoms with E-state index in [0.717, 1.165) is 35.5 Å². The number of fused-ring (bicyclic) bond motifs is 1. The van der Waals surface area contributed by atoms with Gasteiger partial charge in [-0.05, 0) is 61.9 Å². The Morgan fingerprint density at radius 1 is 1.19 bits per heavy atom. The number of carbonyl (C=O) groups is 2. The number of hydrogen-bond acceptors (Lipinski definition) is 9. The first kappa shape index (κ1) is 26.0. The number of amides is 1. The second-order valence-corrected chi connectivity index (χ2v) is 10.5. The highest BCUT2D eigenvalue weighted by Crippen LogP contribution is 2.40. The van der Waals surface area contributed by atoms with Gasteiger partial charge < -0.3 is 24.1 Å². The molecular weight excluding hydrogens is 500 g/mol. The molecule has 36 heavy (non-hydrogen) atoms. The highest BCUT2D eigenvalue weighted by atomic mass is 32.2. The Labute approximate surface area is 218 Å². The summed E-state index contributed by atoms with van der Waals surface area (Å²) in [6.45, 7) is 5.09. The molecule has 1 atom stereocenters. The first-order chi connectivity index (χ1) is 17.4. The van der Waals surface area contributed by atoms with E-state index >= 15 is 0 Å². The van der Waals surface area contributed by atoms with Gasteiger partial charge in [-0.15, -0.1) is 21.5 Å². The minimum absolute atomic E-state index is 0.136. The highest BCUT2D eigenvalue weighted by molar-refractivity contribution is 7.99. The smallest absolute Gasteiger partial charge is 0.341 e. The van der Waals surface area contributed by atoms with Crippen molar-refractivity contribution in [1.82, 2.24) is 14.8 Å². The Bertz CT molecular complexity index is 1220. The van der Waals surface area contributed by atoms with E-state index in [2.05, 4.69) is 22.4 Å². The number of methoxy groups -OCH3 is 2. The van der Waals surface area contributed by atoms with Gasteiger partial charge in [-0.25, -0.2) is 4.79 Å². The topological polar surface area (TPSA) is 105 Å². The number of thiophene rings is 1. The van der Waals surface area contributed by atoms with Crippen molar-refractivity contribution >= 4 is 40.0 Å². The van der Waals surface area contributed by atoms with Gasteiger partial charge in [0, 0.05) is 11.4 Å². The van der Waals surface area contributed by atoms with Crippen LogP contribution in [0, 0.1) is 5.92 Å². The van der Waals surface area contributed by atoms with Gasteiger partial charge in [-0.2, -0.15) is 0 Å². The van der Waals surface area contributed by atoms with Crippen molar-refractivity contribution in [2.24, 2.45) is 5.92 Å². The Balaban J connectivity index is 1.39. The van der Waals surface area contributed by atoms with Crippen LogP contribution < -0.4 is 14.8 Å². The zero-order valence-corrected chi connectivity index (χ0v) is 22.5. The number of anilines is 1. The van der Waals surface area contributed by atoms with Crippen LogP contribution >= 0.6 is 23.1 Å². The molecule has 0 saturated carbocycles. The molecule has 11 heteroatoms. The molecule has 1 unspecified atom stereocenters. The van der Waals surface area contributed by atoms with E-state index < -0.39 is 5.97 Å². The first-order valence-corrected chi connectivity index (χ1v) is 13.6. The Hall–Kier alpha value is -3.05. The molecular formula is C25H30N4O5S2. The lowest BCUT2D eigenvalue weighted by atomic mass is 9.88. The summed E-state index contributed by atoms with van der Waals surface area (Å²) in [5.74, 6) is 2.21. The SMILES string of the molecule is CCn1c(COc2ccc(OC)cc2)nnc1SCC(=O)Nc1sc2c(c1C(=O)OC)CCC(C)C2. The molecule has 1 amide bonds. The predicted octanol–water partition coefficient (Wildman–Crippen LogP) is 4.59. The van der Waals surface area contributed by atoms with E-state index in [1.54, 1.807) is 7.11 Å². The fraction of sp³-hybridized carbons (Fsp3) is 0.440. The Morgan fingerprint density at radius 3 is 2.64 bits per heavy atom. The van der Waals surface area contributed by atoms with Crippen molar-refractivity contribution in [3.63, 3.8) is 0 Å². The van der Waals surface area contributed by atoms with Gasteiger partial charge in [0.05, 0.1) is 25.5 Å². The van der Waals surface area contributed by atoms with Gasteiger partial charge in [-0.1, -0.05) is 18.7 Å². The molecule has 4 rings (SSSR count). The molecule has 1 aliphatic rings. The number of aromatic nitrogens is 3. The zero-order chi connectivity index (χ0) is 25.7. The zero-order valence-electron chi connectivity index (χ0n) is 20.8. The lowest BCUT2D eigenvalue weighted by molar-refractivity contribution is -0.113. The van der Waals surface area contributed by atoms with E-state index in [4.69, 9.17) is 14.2 Å². The van der Waals surface area contributed by atoms with Crippen LogP contribution in [0.2, 0.25) is 0 Å². The third kappa shape index (κ3) is 5.84. The Kier molecular flexibility index (Phi) is 8.52. The van der Waals surface area contributed by atoms with Gasteiger partial charge in [0.15, 0.2) is 11.0 Å². The number of ether oxygens (including phenoxy) is 3. The van der Waals surface area contributed by atoms with Crippen LogP contribution in [0.1, 0.15) is 46.9 Å². The minimum atomic E-state index is -0.405. The lowest BCUT2D eigenvalue weighted by Gasteiger charge is -2.18. The van der Waals surface area contributed by atoms with Gasteiger partial charge in [0.25, 0.3) is 0 Å². The number of esters is 1. The van der Waals surface area contributed by atoms with Gasteiger partial charge in [0.1, 0.15) is 23.1 Å². The normalized spacial score (nSPS) is 14.7. The van der Waals surface area contributed by atoms with E-state index in [-0.39, 0.29) is 18.3 Å². The summed E-state index contributed by atoms with van der Waals surface area (Å²) in [5.41, 5.74) is 1.51. The molecule has 0 saturated heterocycles. The van der Waals surface area contributed by atoms with Crippen molar-refractivity contribution in [3.05, 3.63) is 46.1 Å². The van der Waals surface area contributed by atoms with Crippen molar-refractivity contribution in [1.29, 1.82) is 0 Å². The maximum Gasteiger partial charge on any atom is 0.341 e. The van der Waals surface area contributed by atoms with Crippen LogP contribution in [0.15, 0.2) is 29.4 Å². The monoisotopic (exact) mass is 530 g/mol. The van der Waals surface area contributed by atoms with E-state index in [1.165, 1.54) is 30.2 Å². The molecule has 0 radical (unpaired) electrons. The predicted molar refractivity (Wildman–Crippen MR) is 139 cm³/mol. The van der Waals surface area contributed by atoms with Crippen LogP contribution in [0.3, 0.4) is 0 Å². The summed E-state index contributed by atoms with van der Waals surface area (Å²) < 4.78 is 17.9. The number of thioether (sulfide) groups is 1. The Morgan fingerprint density at radius 2 is 1.94 bits per heavy atom. The fourth-order valence-corrected chi connectivity index (χ4v) is 6.36. The molecule has 3 aromatic rings. The summed E-state index contributed by atoms with van der Waals surface area (Å²) in [6, 6.07) is 7.32. The molecule has 1 aromatic carbocycles. The van der Waals surface area contributed by atoms with E-state index in [1.807, 2.05) is 35.8 Å². The van der Waals surface area contributed by atoms with Crippen molar-refractivity contribution in [2.75, 3.05) is 25.3 Å². The second kappa shape index (κ2) is 11.8. The molecule has 0 aliphatic heterocycles. The average molecular weight is 531 g/mol. The van der Waals surface area contributed by atoms with E-state index in [0.29, 0.717) is 39.8 Å². The lowest BCUT2D eigenvalue weighted by Crippen LogP contribution is -2.17. The number of nitrogens with zero attached hydrogens (tertiary/aromatic N) is 3. The molecule has 192 valence electrons. The van der Waals surface area contributed by atoms with E-state index in [9.17, 15) is 9.59 Å². The fourth-order valence-electron chi connectivity index (χ4n) is 4.12. The number of carbonyl (C=O) groups excluding carboxylic acids is 2. The number of nitrogens with one attached hydrogen (secondary N) is 1. The average Bonchev–Trinajstić information content (AvgIpc) is 3.45. The first-order valence-electron chi connectivity index (χ1n) is 11.8. The summed E-state index contributed by atoms with van der Waals surface area (Å²) in [6.07, 6.45) is 2.76. The van der Waals surface area contributed by atoms with Gasteiger partial charge in [-0.3, -0.25) is 4.79 Å². The van der Waals surface area contributed by atoms with Crippen molar-refractivity contribution in [3.8, 4) is 11.5 Å². The minimum Gasteiger partial charge on any atom is -0.497 e. The number of benzene rings is 1. The molecule has 0 bridgehead atoms. The van der Waals surface area contributed by atoms with Crippen LogP contribution in [0.25, 0.3) is 0 Å². The molecule has 1 aliphatic carbocycles. The largest absolute Gasteiger partial charge is 0.497 e. The van der Waals surface area contributed by atoms with Crippen molar-refractivity contribution in [2.45, 2.75) is 51.4 Å². The maximum atomic E-state index is 12.8. The maximum absolute atomic E-state index is 12.8. The van der Waals surface area contributed by atoms with Crippen LogP contribution in [-0.2, 0) is 35.5 Å². The molecule has 0 fully saturated rings. The third-order valence-electron chi connectivity index (χ3n) is 6.02. The molecule has 2 heterocycles. The van der Waals surface area contributed by atoms with Gasteiger partial charge in [0.2, 0.25) is 5.91 Å².